The normalized spacial score (nSPS) is 21.5. The Labute approximate surface area is 117 Å². The monoisotopic (exact) mass is 299 g/mol. The zero-order chi connectivity index (χ0) is 14.9. The molecule has 1 atom stereocenters. The maximum absolute atomic E-state index is 11.6. The van der Waals surface area contributed by atoms with E-state index < -0.39 is 15.8 Å². The Hall–Kier alpha value is -1.83. The quantitative estimate of drug-likeness (QED) is 0.771. The Kier molecular flexibility index (Phi) is 3.85. The van der Waals surface area contributed by atoms with E-state index in [4.69, 9.17) is 5.73 Å². The van der Waals surface area contributed by atoms with Crippen molar-refractivity contribution in [2.75, 3.05) is 35.8 Å². The molecular weight excluding hydrogens is 282 g/mol. The van der Waals surface area contributed by atoms with Crippen LogP contribution in [0, 0.1) is 0 Å². The molecule has 1 saturated heterocycles. The number of carbonyl (C=O) groups is 1. The molecule has 2 rings (SSSR count). The number of methoxy groups -OCH3 is 1. The summed E-state index contributed by atoms with van der Waals surface area (Å²) in [6.07, 6.45) is 0. The van der Waals surface area contributed by atoms with Crippen molar-refractivity contribution in [3.8, 4) is 0 Å². The first-order valence-electron chi connectivity index (χ1n) is 6.16. The van der Waals surface area contributed by atoms with E-state index in [1.807, 2.05) is 4.90 Å². The number of carbonyl (C=O) groups excluding carboxylic acids is 1. The summed E-state index contributed by atoms with van der Waals surface area (Å²) < 4.78 is 27.8. The van der Waals surface area contributed by atoms with Gasteiger partial charge in [0.15, 0.2) is 21.3 Å². The molecule has 2 heterocycles. The highest BCUT2D eigenvalue weighted by Gasteiger charge is 2.30. The Bertz CT molecular complexity index is 630. The van der Waals surface area contributed by atoms with Crippen molar-refractivity contribution in [1.29, 1.82) is 0 Å². The lowest BCUT2D eigenvalue weighted by Crippen LogP contribution is -2.47. The minimum Gasteiger partial charge on any atom is -0.464 e. The summed E-state index contributed by atoms with van der Waals surface area (Å²) in [7, 11) is -1.74. The highest BCUT2D eigenvalue weighted by atomic mass is 32.2. The summed E-state index contributed by atoms with van der Waals surface area (Å²) in [5, 5.41) is 0. The number of nitrogens with zero attached hydrogens (tertiary/aromatic N) is 2. The number of anilines is 2. The van der Waals surface area contributed by atoms with E-state index in [9.17, 15) is 13.2 Å². The van der Waals surface area contributed by atoms with Gasteiger partial charge in [0.2, 0.25) is 0 Å². The third-order valence-corrected chi connectivity index (χ3v) is 5.04. The van der Waals surface area contributed by atoms with Crippen LogP contribution in [0.1, 0.15) is 17.4 Å². The van der Waals surface area contributed by atoms with Gasteiger partial charge in [-0.25, -0.2) is 18.2 Å². The Morgan fingerprint density at radius 3 is 2.80 bits per heavy atom. The predicted octanol–water partition coefficient (Wildman–Crippen LogP) is 0.0737. The average Bonchev–Trinajstić information content (AvgIpc) is 2.38. The van der Waals surface area contributed by atoms with Crippen molar-refractivity contribution in [2.24, 2.45) is 0 Å². The van der Waals surface area contributed by atoms with Crippen LogP contribution in [-0.4, -0.2) is 50.6 Å². The molecule has 1 aromatic rings. The van der Waals surface area contributed by atoms with Crippen LogP contribution in [0.4, 0.5) is 11.5 Å². The van der Waals surface area contributed by atoms with Crippen LogP contribution >= 0.6 is 0 Å². The van der Waals surface area contributed by atoms with E-state index in [-0.39, 0.29) is 23.2 Å². The number of nitrogens with two attached hydrogens (primary N) is 1. The molecule has 110 valence electrons. The van der Waals surface area contributed by atoms with Crippen molar-refractivity contribution < 1.29 is 17.9 Å². The van der Waals surface area contributed by atoms with Crippen LogP contribution in [0.15, 0.2) is 12.1 Å². The van der Waals surface area contributed by atoms with E-state index in [1.54, 1.807) is 13.0 Å². The number of aromatic nitrogens is 1. The van der Waals surface area contributed by atoms with Gasteiger partial charge in [0.25, 0.3) is 0 Å². The number of esters is 1. The number of ether oxygens (including phenoxy) is 1. The zero-order valence-corrected chi connectivity index (χ0v) is 12.2. The molecule has 1 aromatic heterocycles. The molecule has 7 nitrogen and oxygen atoms in total. The van der Waals surface area contributed by atoms with E-state index in [0.29, 0.717) is 18.1 Å². The highest BCUT2D eigenvalue weighted by Crippen LogP contribution is 2.26. The smallest absolute Gasteiger partial charge is 0.356 e. The molecule has 1 aliphatic rings. The first-order chi connectivity index (χ1) is 9.34. The number of rotatable bonds is 2. The van der Waals surface area contributed by atoms with Crippen LogP contribution in [-0.2, 0) is 14.6 Å². The standard InChI is InChI=1S/C12H17N3O4S/c1-8-7-20(17,18)6-5-15(8)11-9(13)3-4-10(14-11)12(16)19-2/h3-4,8H,5-7,13H2,1-2H3. The molecule has 20 heavy (non-hydrogen) atoms. The SMILES string of the molecule is COC(=O)c1ccc(N)c(N2CCS(=O)(=O)CC2C)n1. The summed E-state index contributed by atoms with van der Waals surface area (Å²) in [4.78, 5) is 17.5. The minimum absolute atomic E-state index is 0.0522. The fraction of sp³-hybridized carbons (Fsp3) is 0.500. The molecule has 0 saturated carbocycles. The van der Waals surface area contributed by atoms with Crippen molar-refractivity contribution >= 4 is 27.3 Å². The maximum atomic E-state index is 11.6. The first kappa shape index (κ1) is 14.6. The summed E-state index contributed by atoms with van der Waals surface area (Å²) in [6, 6.07) is 2.82. The molecule has 0 radical (unpaired) electrons. The van der Waals surface area contributed by atoms with Crippen molar-refractivity contribution in [1.82, 2.24) is 4.98 Å². The maximum Gasteiger partial charge on any atom is 0.356 e. The lowest BCUT2D eigenvalue weighted by atomic mass is 10.2. The van der Waals surface area contributed by atoms with Crippen LogP contribution in [0.5, 0.6) is 0 Å². The van der Waals surface area contributed by atoms with Gasteiger partial charge >= 0.3 is 5.97 Å². The second kappa shape index (κ2) is 5.28. The van der Waals surface area contributed by atoms with Gasteiger partial charge in [-0.15, -0.1) is 0 Å². The van der Waals surface area contributed by atoms with Crippen molar-refractivity contribution in [2.45, 2.75) is 13.0 Å². The van der Waals surface area contributed by atoms with Crippen molar-refractivity contribution in [3.63, 3.8) is 0 Å². The van der Waals surface area contributed by atoms with Gasteiger partial charge in [-0.1, -0.05) is 0 Å². The molecule has 0 aromatic carbocycles. The second-order valence-electron chi connectivity index (χ2n) is 4.76. The molecule has 0 spiro atoms. The molecule has 2 N–H and O–H groups in total. The second-order valence-corrected chi connectivity index (χ2v) is 6.99. The highest BCUT2D eigenvalue weighted by molar-refractivity contribution is 7.91. The van der Waals surface area contributed by atoms with Gasteiger partial charge in [-0.05, 0) is 19.1 Å². The Morgan fingerprint density at radius 1 is 1.50 bits per heavy atom. The molecule has 1 aliphatic heterocycles. The van der Waals surface area contributed by atoms with E-state index in [1.165, 1.54) is 13.2 Å². The number of sulfone groups is 1. The third-order valence-electron chi connectivity index (χ3n) is 3.24. The number of nitrogen functional groups attached to an aromatic ring is 1. The number of pyridine rings is 1. The summed E-state index contributed by atoms with van der Waals surface area (Å²) >= 11 is 0. The van der Waals surface area contributed by atoms with Crippen molar-refractivity contribution in [3.05, 3.63) is 17.8 Å². The molecule has 0 bridgehead atoms. The summed E-state index contributed by atoms with van der Waals surface area (Å²) in [5.41, 5.74) is 6.44. The third kappa shape index (κ3) is 2.84. The first-order valence-corrected chi connectivity index (χ1v) is 7.98. The Balaban J connectivity index is 2.35. The molecule has 1 fully saturated rings. The fourth-order valence-corrected chi connectivity index (χ4v) is 3.78. The number of hydrogen-bond donors (Lipinski definition) is 1. The fourth-order valence-electron chi connectivity index (χ4n) is 2.22. The summed E-state index contributed by atoms with van der Waals surface area (Å²) in [6.45, 7) is 2.11. The molecule has 0 amide bonds. The minimum atomic E-state index is -3.02. The predicted molar refractivity (Wildman–Crippen MR) is 75.5 cm³/mol. The number of hydrogen-bond acceptors (Lipinski definition) is 7. The molecule has 0 aliphatic carbocycles. The van der Waals surface area contributed by atoms with Gasteiger partial charge in [0, 0.05) is 12.6 Å². The zero-order valence-electron chi connectivity index (χ0n) is 11.4. The van der Waals surface area contributed by atoms with Crippen LogP contribution in [0.2, 0.25) is 0 Å². The molecule has 1 unspecified atom stereocenters. The average molecular weight is 299 g/mol. The van der Waals surface area contributed by atoms with Gasteiger partial charge in [0.1, 0.15) is 0 Å². The lowest BCUT2D eigenvalue weighted by molar-refractivity contribution is 0.0594. The van der Waals surface area contributed by atoms with Crippen LogP contribution < -0.4 is 10.6 Å². The van der Waals surface area contributed by atoms with E-state index in [0.717, 1.165) is 0 Å². The lowest BCUT2D eigenvalue weighted by Gasteiger charge is -2.34. The largest absolute Gasteiger partial charge is 0.464 e. The van der Waals surface area contributed by atoms with Crippen LogP contribution in [0.3, 0.4) is 0 Å². The molecular formula is C12H17N3O4S. The summed E-state index contributed by atoms with van der Waals surface area (Å²) in [5.74, 6) is -0.0175. The Morgan fingerprint density at radius 2 is 2.20 bits per heavy atom. The van der Waals surface area contributed by atoms with Gasteiger partial charge in [-0.2, -0.15) is 0 Å². The van der Waals surface area contributed by atoms with Gasteiger partial charge in [0.05, 0.1) is 24.3 Å². The molecule has 8 heteroatoms. The van der Waals surface area contributed by atoms with Gasteiger partial charge < -0.3 is 15.4 Å². The topological polar surface area (TPSA) is 103 Å². The van der Waals surface area contributed by atoms with E-state index in [2.05, 4.69) is 9.72 Å². The van der Waals surface area contributed by atoms with Gasteiger partial charge in [-0.3, -0.25) is 0 Å². The van der Waals surface area contributed by atoms with E-state index >= 15 is 0 Å². The van der Waals surface area contributed by atoms with Crippen LogP contribution in [0.25, 0.3) is 0 Å².